The smallest absolute Gasteiger partial charge is 0.271 e. The van der Waals surface area contributed by atoms with E-state index < -0.39 is 20.9 Å². The molecule has 178 valence electrons. The molecule has 0 spiro atoms. The van der Waals surface area contributed by atoms with Crippen molar-refractivity contribution < 1.29 is 22.9 Å². The minimum Gasteiger partial charge on any atom is -0.494 e. The molecule has 1 N–H and O–H groups in total. The number of carbonyl (C=O) groups is 1. The third-order valence-electron chi connectivity index (χ3n) is 5.15. The summed E-state index contributed by atoms with van der Waals surface area (Å²) in [4.78, 5) is 23.6. The fraction of sp³-hybridized carbons (Fsp3) is 0.208. The number of nitrogens with one attached hydrogen (secondary N) is 1. The maximum absolute atomic E-state index is 12.9. The first-order valence-electron chi connectivity index (χ1n) is 10.5. The Labute approximate surface area is 198 Å². The number of aryl methyl sites for hydroxylation is 1. The molecule has 0 unspecified atom stereocenters. The third-order valence-corrected chi connectivity index (χ3v) is 6.96. The highest BCUT2D eigenvalue weighted by molar-refractivity contribution is 7.89. The molecule has 0 bridgehead atoms. The van der Waals surface area contributed by atoms with Crippen LogP contribution in [0.1, 0.15) is 28.4 Å². The maximum Gasteiger partial charge on any atom is 0.271 e. The van der Waals surface area contributed by atoms with Crippen LogP contribution in [0, 0.1) is 17.0 Å². The highest BCUT2D eigenvalue weighted by Gasteiger charge is 2.23. The molecular weight excluding hydrogens is 458 g/mol. The lowest BCUT2D eigenvalue weighted by atomic mass is 10.1. The van der Waals surface area contributed by atoms with Crippen molar-refractivity contribution >= 4 is 27.3 Å². The van der Waals surface area contributed by atoms with E-state index in [-0.39, 0.29) is 22.7 Å². The van der Waals surface area contributed by atoms with Crippen LogP contribution in [0.5, 0.6) is 5.75 Å². The van der Waals surface area contributed by atoms with Crippen molar-refractivity contribution in [2.24, 2.45) is 0 Å². The molecule has 34 heavy (non-hydrogen) atoms. The molecule has 3 rings (SSSR count). The molecule has 0 fully saturated rings. The van der Waals surface area contributed by atoms with Crippen molar-refractivity contribution in [1.82, 2.24) is 4.31 Å². The van der Waals surface area contributed by atoms with Crippen LogP contribution in [0.4, 0.5) is 11.4 Å². The summed E-state index contributed by atoms with van der Waals surface area (Å²) < 4.78 is 32.7. The summed E-state index contributed by atoms with van der Waals surface area (Å²) in [7, 11) is -2.30. The zero-order valence-electron chi connectivity index (χ0n) is 19.0. The van der Waals surface area contributed by atoms with Crippen molar-refractivity contribution in [2.45, 2.75) is 25.3 Å². The van der Waals surface area contributed by atoms with E-state index in [0.717, 1.165) is 0 Å². The number of ether oxygens (including phenoxy) is 1. The van der Waals surface area contributed by atoms with Gasteiger partial charge in [-0.15, -0.1) is 0 Å². The number of benzene rings is 3. The molecule has 0 aliphatic carbocycles. The fourth-order valence-electron chi connectivity index (χ4n) is 3.29. The molecular formula is C24H25N3O6S. The predicted octanol–water partition coefficient (Wildman–Crippen LogP) is 4.37. The Morgan fingerprint density at radius 3 is 2.44 bits per heavy atom. The molecule has 0 saturated carbocycles. The second kappa shape index (κ2) is 10.4. The maximum atomic E-state index is 12.9. The van der Waals surface area contributed by atoms with E-state index in [0.29, 0.717) is 29.2 Å². The molecule has 0 radical (unpaired) electrons. The van der Waals surface area contributed by atoms with Crippen LogP contribution in [0.15, 0.2) is 71.6 Å². The van der Waals surface area contributed by atoms with Gasteiger partial charge in [0.05, 0.1) is 22.1 Å². The van der Waals surface area contributed by atoms with Gasteiger partial charge < -0.3 is 10.1 Å². The Bertz CT molecular complexity index is 1310. The number of nitrogens with zero attached hydrogens (tertiary/aromatic N) is 2. The number of non-ortho nitro benzene ring substituents is 1. The highest BCUT2D eigenvalue weighted by atomic mass is 32.2. The van der Waals surface area contributed by atoms with Crippen molar-refractivity contribution in [3.63, 3.8) is 0 Å². The van der Waals surface area contributed by atoms with E-state index >= 15 is 0 Å². The van der Waals surface area contributed by atoms with Crippen LogP contribution in [0.3, 0.4) is 0 Å². The first kappa shape index (κ1) is 24.9. The van der Waals surface area contributed by atoms with E-state index in [1.165, 1.54) is 35.6 Å². The zero-order valence-corrected chi connectivity index (χ0v) is 19.8. The number of amides is 1. The van der Waals surface area contributed by atoms with Crippen LogP contribution in [-0.2, 0) is 16.6 Å². The van der Waals surface area contributed by atoms with Gasteiger partial charge in [0, 0.05) is 36.9 Å². The molecule has 0 heterocycles. The summed E-state index contributed by atoms with van der Waals surface area (Å²) in [6.45, 7) is 3.87. The summed E-state index contributed by atoms with van der Waals surface area (Å²) in [5, 5.41) is 13.8. The molecule has 1 amide bonds. The van der Waals surface area contributed by atoms with E-state index in [9.17, 15) is 23.3 Å². The number of hydrogen-bond donors (Lipinski definition) is 1. The molecule has 0 atom stereocenters. The average molecular weight is 484 g/mol. The molecule has 0 aromatic heterocycles. The summed E-state index contributed by atoms with van der Waals surface area (Å²) in [5.41, 5.74) is 1.61. The summed E-state index contributed by atoms with van der Waals surface area (Å²) in [6, 6.07) is 17.0. The number of nitro benzene ring substituents is 1. The number of sulfonamides is 1. The van der Waals surface area contributed by atoms with Crippen molar-refractivity contribution in [3.05, 3.63) is 93.5 Å². The first-order chi connectivity index (χ1) is 16.1. The molecule has 0 saturated heterocycles. The van der Waals surface area contributed by atoms with Gasteiger partial charge in [-0.3, -0.25) is 14.9 Å². The van der Waals surface area contributed by atoms with Gasteiger partial charge in [0.15, 0.2) is 0 Å². The van der Waals surface area contributed by atoms with Gasteiger partial charge >= 0.3 is 0 Å². The lowest BCUT2D eigenvalue weighted by Crippen LogP contribution is -2.27. The summed E-state index contributed by atoms with van der Waals surface area (Å²) in [6.07, 6.45) is 0. The Balaban J connectivity index is 1.89. The molecule has 9 nitrogen and oxygen atoms in total. The number of carbonyl (C=O) groups excluding carboxylic acids is 1. The highest BCUT2D eigenvalue weighted by Crippen LogP contribution is 2.26. The Morgan fingerprint density at radius 2 is 1.79 bits per heavy atom. The van der Waals surface area contributed by atoms with Crippen molar-refractivity contribution in [1.29, 1.82) is 0 Å². The lowest BCUT2D eigenvalue weighted by molar-refractivity contribution is -0.384. The Morgan fingerprint density at radius 1 is 1.09 bits per heavy atom. The SMILES string of the molecule is CCOc1ccc(C(=O)Nc2cc([N+](=O)[O-])ccc2C)cc1CN(C)S(=O)(=O)c1ccccc1. The molecule has 3 aromatic rings. The van der Waals surface area contributed by atoms with E-state index in [4.69, 9.17) is 4.74 Å². The molecule has 10 heteroatoms. The van der Waals surface area contributed by atoms with Gasteiger partial charge in [-0.2, -0.15) is 4.31 Å². The van der Waals surface area contributed by atoms with Gasteiger partial charge in [-0.1, -0.05) is 24.3 Å². The lowest BCUT2D eigenvalue weighted by Gasteiger charge is -2.20. The second-order valence-electron chi connectivity index (χ2n) is 7.54. The van der Waals surface area contributed by atoms with Crippen LogP contribution >= 0.6 is 0 Å². The normalized spacial score (nSPS) is 11.3. The fourth-order valence-corrected chi connectivity index (χ4v) is 4.46. The minimum atomic E-state index is -3.76. The first-order valence-corrected chi connectivity index (χ1v) is 11.9. The third kappa shape index (κ3) is 5.59. The Kier molecular flexibility index (Phi) is 7.64. The molecule has 0 aliphatic rings. The number of hydrogen-bond acceptors (Lipinski definition) is 6. The van der Waals surface area contributed by atoms with E-state index in [1.807, 2.05) is 0 Å². The molecule has 3 aromatic carbocycles. The van der Waals surface area contributed by atoms with Crippen LogP contribution < -0.4 is 10.1 Å². The van der Waals surface area contributed by atoms with E-state index in [1.54, 1.807) is 56.3 Å². The van der Waals surface area contributed by atoms with Crippen molar-refractivity contribution in [3.8, 4) is 5.75 Å². The summed E-state index contributed by atoms with van der Waals surface area (Å²) >= 11 is 0. The van der Waals surface area contributed by atoms with Crippen LogP contribution in [0.25, 0.3) is 0 Å². The van der Waals surface area contributed by atoms with Crippen molar-refractivity contribution in [2.75, 3.05) is 19.0 Å². The minimum absolute atomic E-state index is 0.0243. The van der Waals surface area contributed by atoms with Gasteiger partial charge in [-0.25, -0.2) is 8.42 Å². The Hall–Kier alpha value is -3.76. The number of nitro groups is 1. The number of rotatable bonds is 9. The standard InChI is InChI=1S/C24H25N3O6S/c1-4-33-23-13-11-18(24(28)25-22-15-20(27(29)30)12-10-17(22)2)14-19(23)16-26(3)34(31,32)21-8-6-5-7-9-21/h5-15H,4,16H2,1-3H3,(H,25,28). The summed E-state index contributed by atoms with van der Waals surface area (Å²) in [5.74, 6) is -0.0258. The number of anilines is 1. The molecule has 0 aliphatic heterocycles. The van der Waals surface area contributed by atoms with Gasteiger partial charge in [0.25, 0.3) is 11.6 Å². The van der Waals surface area contributed by atoms with Gasteiger partial charge in [-0.05, 0) is 49.7 Å². The topological polar surface area (TPSA) is 119 Å². The van der Waals surface area contributed by atoms with Crippen LogP contribution in [-0.4, -0.2) is 37.2 Å². The quantitative estimate of drug-likeness (QED) is 0.356. The van der Waals surface area contributed by atoms with Gasteiger partial charge in [0.1, 0.15) is 5.75 Å². The second-order valence-corrected chi connectivity index (χ2v) is 9.58. The van der Waals surface area contributed by atoms with Crippen LogP contribution in [0.2, 0.25) is 0 Å². The van der Waals surface area contributed by atoms with E-state index in [2.05, 4.69) is 5.32 Å². The van der Waals surface area contributed by atoms with Gasteiger partial charge in [0.2, 0.25) is 10.0 Å². The monoisotopic (exact) mass is 483 g/mol. The zero-order chi connectivity index (χ0) is 24.9. The average Bonchev–Trinajstić information content (AvgIpc) is 2.82. The largest absolute Gasteiger partial charge is 0.494 e. The predicted molar refractivity (Wildman–Crippen MR) is 128 cm³/mol.